The highest BCUT2D eigenvalue weighted by Crippen LogP contribution is 2.35. The summed E-state index contributed by atoms with van der Waals surface area (Å²) in [6, 6.07) is 8.00. The van der Waals surface area contributed by atoms with E-state index in [1.54, 1.807) is 4.90 Å². The Hall–Kier alpha value is -3.93. The van der Waals surface area contributed by atoms with E-state index in [0.29, 0.717) is 31.3 Å². The largest absolute Gasteiger partial charge is 0.483 e. The fraction of sp³-hybridized carbons (Fsp3) is 0.500. The molecule has 1 atom stereocenters. The van der Waals surface area contributed by atoms with Gasteiger partial charge < -0.3 is 29.7 Å². The second-order valence-corrected chi connectivity index (χ2v) is 11.0. The first-order valence-electron chi connectivity index (χ1n) is 13.8. The zero-order chi connectivity index (χ0) is 28.0. The molecule has 2 bridgehead atoms. The van der Waals surface area contributed by atoms with Gasteiger partial charge in [-0.15, -0.1) is 0 Å². The summed E-state index contributed by atoms with van der Waals surface area (Å²) in [7, 11) is 6.13. The Morgan fingerprint density at radius 1 is 1.10 bits per heavy atom. The zero-order valence-corrected chi connectivity index (χ0v) is 23.1. The van der Waals surface area contributed by atoms with Crippen molar-refractivity contribution in [2.75, 3.05) is 70.3 Å². The zero-order valence-electron chi connectivity index (χ0n) is 23.1. The van der Waals surface area contributed by atoms with E-state index in [-0.39, 0.29) is 35.8 Å². The normalized spacial score (nSPS) is 20.8. The Kier molecular flexibility index (Phi) is 6.95. The van der Waals surface area contributed by atoms with Crippen molar-refractivity contribution in [3.8, 4) is 5.75 Å². The summed E-state index contributed by atoms with van der Waals surface area (Å²) in [6.07, 6.45) is 2.51. The third kappa shape index (κ3) is 4.91. The molecule has 1 N–H and O–H groups in total. The summed E-state index contributed by atoms with van der Waals surface area (Å²) in [6.45, 7) is 2.93. The number of carbonyl (C=O) groups is 2. The Balaban J connectivity index is 1.43. The van der Waals surface area contributed by atoms with E-state index in [1.807, 2.05) is 28.6 Å². The van der Waals surface area contributed by atoms with Crippen LogP contribution < -0.4 is 19.9 Å². The highest BCUT2D eigenvalue weighted by Gasteiger charge is 2.34. The van der Waals surface area contributed by atoms with E-state index in [1.165, 1.54) is 18.2 Å². The summed E-state index contributed by atoms with van der Waals surface area (Å²) in [5, 5.41) is 7.84. The van der Waals surface area contributed by atoms with Crippen LogP contribution in [0.4, 0.5) is 16.0 Å². The fourth-order valence-electron chi connectivity index (χ4n) is 5.63. The van der Waals surface area contributed by atoms with Gasteiger partial charge in [-0.25, -0.2) is 9.37 Å². The molecular formula is C28H35FN8O3. The maximum Gasteiger partial charge on any atom is 0.258 e. The van der Waals surface area contributed by atoms with Crippen LogP contribution in [0.5, 0.6) is 5.75 Å². The Labute approximate surface area is 232 Å². The van der Waals surface area contributed by atoms with Crippen LogP contribution in [0.1, 0.15) is 41.4 Å². The molecule has 6 rings (SSSR count). The van der Waals surface area contributed by atoms with Crippen molar-refractivity contribution in [1.29, 1.82) is 0 Å². The molecule has 212 valence electrons. The molecule has 3 aliphatic rings. The molecule has 0 spiro atoms. The van der Waals surface area contributed by atoms with Crippen LogP contribution in [0.25, 0.3) is 5.65 Å². The highest BCUT2D eigenvalue weighted by atomic mass is 19.1. The molecule has 3 aromatic rings. The topological polar surface area (TPSA) is 98.5 Å². The molecule has 3 aliphatic heterocycles. The molecule has 2 saturated heterocycles. The summed E-state index contributed by atoms with van der Waals surface area (Å²) in [4.78, 5) is 39.7. The van der Waals surface area contributed by atoms with Crippen LogP contribution in [0.15, 0.2) is 30.3 Å². The van der Waals surface area contributed by atoms with Crippen LogP contribution in [-0.2, 0) is 4.79 Å². The lowest BCUT2D eigenvalue weighted by Gasteiger charge is -2.43. The first-order chi connectivity index (χ1) is 19.3. The summed E-state index contributed by atoms with van der Waals surface area (Å²) in [5.41, 5.74) is 1.55. The number of amides is 2. The van der Waals surface area contributed by atoms with Crippen molar-refractivity contribution in [1.82, 2.24) is 29.7 Å². The van der Waals surface area contributed by atoms with Crippen molar-refractivity contribution in [3.05, 3.63) is 47.4 Å². The lowest BCUT2D eigenvalue weighted by Crippen LogP contribution is -2.57. The van der Waals surface area contributed by atoms with E-state index in [2.05, 4.69) is 29.2 Å². The van der Waals surface area contributed by atoms with E-state index in [4.69, 9.17) is 14.8 Å². The number of halogens is 1. The second-order valence-electron chi connectivity index (χ2n) is 11.0. The molecule has 2 fully saturated rings. The number of hydrogen-bond donors (Lipinski definition) is 1. The van der Waals surface area contributed by atoms with Gasteiger partial charge in [-0.3, -0.25) is 9.59 Å². The van der Waals surface area contributed by atoms with Gasteiger partial charge in [-0.1, -0.05) is 0 Å². The van der Waals surface area contributed by atoms with Gasteiger partial charge in [0.15, 0.2) is 12.3 Å². The molecule has 2 aromatic heterocycles. The van der Waals surface area contributed by atoms with Gasteiger partial charge in [-0.05, 0) is 51.6 Å². The monoisotopic (exact) mass is 550 g/mol. The number of nitrogens with zero attached hydrogens (tertiary/aromatic N) is 7. The van der Waals surface area contributed by atoms with Gasteiger partial charge in [0.2, 0.25) is 0 Å². The summed E-state index contributed by atoms with van der Waals surface area (Å²) < 4.78 is 21.8. The molecule has 0 radical (unpaired) electrons. The van der Waals surface area contributed by atoms with Crippen molar-refractivity contribution >= 4 is 29.1 Å². The van der Waals surface area contributed by atoms with Gasteiger partial charge >= 0.3 is 0 Å². The number of piperidine rings is 1. The van der Waals surface area contributed by atoms with Gasteiger partial charge in [0.05, 0.1) is 17.3 Å². The van der Waals surface area contributed by atoms with E-state index >= 15 is 0 Å². The smallest absolute Gasteiger partial charge is 0.258 e. The Morgan fingerprint density at radius 2 is 1.93 bits per heavy atom. The number of aromatic nitrogens is 3. The van der Waals surface area contributed by atoms with Crippen molar-refractivity contribution in [2.24, 2.45) is 0 Å². The van der Waals surface area contributed by atoms with E-state index in [0.717, 1.165) is 49.7 Å². The second kappa shape index (κ2) is 10.6. The Bertz CT molecular complexity index is 1440. The molecular weight excluding hydrogens is 515 g/mol. The number of anilines is 2. The maximum absolute atomic E-state index is 14.3. The van der Waals surface area contributed by atoms with E-state index < -0.39 is 5.82 Å². The van der Waals surface area contributed by atoms with Crippen LogP contribution in [0, 0.1) is 5.82 Å². The number of benzene rings is 1. The Morgan fingerprint density at radius 3 is 2.73 bits per heavy atom. The predicted octanol–water partition coefficient (Wildman–Crippen LogP) is 1.93. The fourth-order valence-corrected chi connectivity index (χ4v) is 5.63. The first-order valence-corrected chi connectivity index (χ1v) is 13.8. The van der Waals surface area contributed by atoms with Crippen LogP contribution >= 0.6 is 0 Å². The minimum absolute atomic E-state index is 0.102. The molecule has 5 heterocycles. The quantitative estimate of drug-likeness (QED) is 0.517. The number of fused-ring (bicyclic) bond motifs is 4. The van der Waals surface area contributed by atoms with Crippen molar-refractivity contribution in [3.63, 3.8) is 0 Å². The molecule has 2 amide bonds. The molecule has 12 heteroatoms. The maximum atomic E-state index is 14.3. The lowest BCUT2D eigenvalue weighted by molar-refractivity contribution is -0.123. The number of rotatable bonds is 2. The highest BCUT2D eigenvalue weighted by molar-refractivity contribution is 5.97. The molecule has 0 saturated carbocycles. The number of likely N-dealkylation sites (N-methyl/N-ethyl adjacent to an activating group) is 2. The SMILES string of the molecule is CN1CCNC(=O)COc2ccc(F)cc2C(=O)N2CCCCC2c2cc3nc(N4CC(N(C)C)C4)cc1n3n2. The van der Waals surface area contributed by atoms with Gasteiger partial charge in [0.25, 0.3) is 11.8 Å². The minimum atomic E-state index is -0.539. The number of hydrogen-bond acceptors (Lipinski definition) is 8. The number of carbonyl (C=O) groups excluding carboxylic acids is 2. The van der Waals surface area contributed by atoms with Gasteiger partial charge in [0.1, 0.15) is 23.2 Å². The molecule has 0 aliphatic carbocycles. The lowest BCUT2D eigenvalue weighted by atomic mass is 9.98. The standard InChI is InChI=1S/C28H35FN8O3/c1-33(2)19-15-35(16-19)24-14-27-34(3)11-9-30-26(38)17-40-23-8-7-18(29)12-20(23)28(39)36-10-5-4-6-22(36)21-13-25(31-24)37(27)32-21/h7-8,12-14,19,22H,4-6,9-11,15-17H2,1-3H3,(H,30,38). The molecule has 1 aromatic carbocycles. The molecule has 1 unspecified atom stereocenters. The van der Waals surface area contributed by atoms with Gasteiger partial charge in [-0.2, -0.15) is 9.61 Å². The third-order valence-electron chi connectivity index (χ3n) is 8.13. The van der Waals surface area contributed by atoms with Crippen molar-refractivity contribution < 1.29 is 18.7 Å². The summed E-state index contributed by atoms with van der Waals surface area (Å²) >= 11 is 0. The van der Waals surface area contributed by atoms with Crippen LogP contribution in [0.2, 0.25) is 0 Å². The summed E-state index contributed by atoms with van der Waals surface area (Å²) in [5.74, 6) is 0.696. The van der Waals surface area contributed by atoms with Crippen molar-refractivity contribution in [2.45, 2.75) is 31.3 Å². The van der Waals surface area contributed by atoms with E-state index in [9.17, 15) is 14.0 Å². The van der Waals surface area contributed by atoms with Crippen LogP contribution in [0.3, 0.4) is 0 Å². The average Bonchev–Trinajstić information content (AvgIpc) is 3.34. The van der Waals surface area contributed by atoms with Crippen LogP contribution in [-0.4, -0.2) is 103 Å². The average molecular weight is 551 g/mol. The predicted molar refractivity (Wildman–Crippen MR) is 148 cm³/mol. The third-order valence-corrected chi connectivity index (χ3v) is 8.13. The minimum Gasteiger partial charge on any atom is -0.483 e. The molecule has 11 nitrogen and oxygen atoms in total. The van der Waals surface area contributed by atoms with Gasteiger partial charge in [0, 0.05) is 57.9 Å². The molecule has 40 heavy (non-hydrogen) atoms. The number of ether oxygens (including phenoxy) is 1. The number of nitrogens with one attached hydrogen (secondary N) is 1. The first kappa shape index (κ1) is 26.3.